The van der Waals surface area contributed by atoms with Crippen molar-refractivity contribution in [3.05, 3.63) is 18.6 Å². The molecule has 1 fully saturated rings. The van der Waals surface area contributed by atoms with Crippen LogP contribution in [0.4, 0.5) is 5.82 Å². The summed E-state index contributed by atoms with van der Waals surface area (Å²) in [6.45, 7) is 3.36. The van der Waals surface area contributed by atoms with E-state index in [0.29, 0.717) is 25.4 Å². The Hall–Kier alpha value is -2.64. The van der Waals surface area contributed by atoms with E-state index in [0.717, 1.165) is 16.9 Å². The number of rotatable bonds is 3. The smallest absolute Gasteiger partial charge is 0.356 e. The van der Waals surface area contributed by atoms with Crippen LogP contribution in [-0.2, 0) is 14.4 Å². The predicted molar refractivity (Wildman–Crippen MR) is 78.5 cm³/mol. The third kappa shape index (κ3) is 1.91. The predicted octanol–water partition coefficient (Wildman–Crippen LogP) is 0.712. The number of oxime groups is 1. The van der Waals surface area contributed by atoms with Gasteiger partial charge in [-0.25, -0.2) is 14.8 Å². The van der Waals surface area contributed by atoms with Crippen LogP contribution in [0.15, 0.2) is 23.7 Å². The molecule has 0 spiro atoms. The standard InChI is InChI=1S/C14H15N5O3/c1-2-21-14(20)11-9-5-19(6-10(9)22-18-11)13-8-3-4-15-12(8)16-7-17-13/h3-4,7,9-10H,2,5-6H2,1H3,(H,15,16,17). The first kappa shape index (κ1) is 13.1. The Morgan fingerprint density at radius 2 is 2.41 bits per heavy atom. The lowest BCUT2D eigenvalue weighted by Gasteiger charge is -2.18. The van der Waals surface area contributed by atoms with Gasteiger partial charge < -0.3 is 19.5 Å². The zero-order chi connectivity index (χ0) is 15.1. The second-order valence-corrected chi connectivity index (χ2v) is 5.29. The molecule has 2 atom stereocenters. The summed E-state index contributed by atoms with van der Waals surface area (Å²) in [6.07, 6.45) is 3.23. The number of hydrogen-bond donors (Lipinski definition) is 1. The number of nitrogens with zero attached hydrogens (tertiary/aromatic N) is 4. The molecule has 0 amide bonds. The van der Waals surface area contributed by atoms with E-state index >= 15 is 0 Å². The second kappa shape index (κ2) is 4.97. The summed E-state index contributed by atoms with van der Waals surface area (Å²) in [6, 6.07) is 1.94. The lowest BCUT2D eigenvalue weighted by atomic mass is 10.0. The van der Waals surface area contributed by atoms with Gasteiger partial charge in [-0.2, -0.15) is 0 Å². The molecular weight excluding hydrogens is 286 g/mol. The van der Waals surface area contributed by atoms with E-state index in [-0.39, 0.29) is 12.0 Å². The normalized spacial score (nSPS) is 23.3. The molecule has 0 radical (unpaired) electrons. The molecule has 8 nitrogen and oxygen atoms in total. The zero-order valence-electron chi connectivity index (χ0n) is 12.0. The minimum absolute atomic E-state index is 0.0805. The number of H-pyrrole nitrogens is 1. The highest BCUT2D eigenvalue weighted by atomic mass is 16.6. The van der Waals surface area contributed by atoms with Gasteiger partial charge in [0.05, 0.1) is 24.5 Å². The van der Waals surface area contributed by atoms with Gasteiger partial charge in [-0.05, 0) is 13.0 Å². The number of aromatic nitrogens is 3. The maximum Gasteiger partial charge on any atom is 0.356 e. The molecule has 1 saturated heterocycles. The summed E-state index contributed by atoms with van der Waals surface area (Å²) in [5, 5.41) is 4.85. The van der Waals surface area contributed by atoms with Crippen LogP contribution in [0.5, 0.6) is 0 Å². The third-order valence-corrected chi connectivity index (χ3v) is 4.02. The van der Waals surface area contributed by atoms with Crippen LogP contribution in [-0.4, -0.2) is 52.4 Å². The van der Waals surface area contributed by atoms with Crippen molar-refractivity contribution in [2.45, 2.75) is 13.0 Å². The fraction of sp³-hybridized carbons (Fsp3) is 0.429. The van der Waals surface area contributed by atoms with Crippen LogP contribution >= 0.6 is 0 Å². The van der Waals surface area contributed by atoms with E-state index in [2.05, 4.69) is 25.0 Å². The number of carbonyl (C=O) groups excluding carboxylic acids is 1. The monoisotopic (exact) mass is 301 g/mol. The van der Waals surface area contributed by atoms with E-state index in [1.165, 1.54) is 6.33 Å². The maximum absolute atomic E-state index is 11.9. The lowest BCUT2D eigenvalue weighted by molar-refractivity contribution is -0.135. The number of anilines is 1. The molecular formula is C14H15N5O3. The van der Waals surface area contributed by atoms with Crippen LogP contribution in [0.3, 0.4) is 0 Å². The van der Waals surface area contributed by atoms with E-state index in [1.807, 2.05) is 12.3 Å². The first-order valence-electron chi connectivity index (χ1n) is 7.21. The number of nitrogens with one attached hydrogen (secondary N) is 1. The summed E-state index contributed by atoms with van der Waals surface area (Å²) >= 11 is 0. The summed E-state index contributed by atoms with van der Waals surface area (Å²) in [5.41, 5.74) is 1.16. The minimum Gasteiger partial charge on any atom is -0.461 e. The highest BCUT2D eigenvalue weighted by molar-refractivity contribution is 6.37. The van der Waals surface area contributed by atoms with E-state index in [4.69, 9.17) is 9.57 Å². The van der Waals surface area contributed by atoms with Gasteiger partial charge in [0.25, 0.3) is 0 Å². The molecule has 1 N–H and O–H groups in total. The Morgan fingerprint density at radius 1 is 1.50 bits per heavy atom. The van der Waals surface area contributed by atoms with Crippen molar-refractivity contribution in [1.82, 2.24) is 15.0 Å². The summed E-state index contributed by atoms with van der Waals surface area (Å²) < 4.78 is 5.03. The molecule has 2 aliphatic rings. The molecule has 4 rings (SSSR count). The van der Waals surface area contributed by atoms with E-state index in [9.17, 15) is 4.79 Å². The Labute approximate surface area is 126 Å². The number of aromatic amines is 1. The first-order chi connectivity index (χ1) is 10.8. The zero-order valence-corrected chi connectivity index (χ0v) is 12.0. The fourth-order valence-corrected chi connectivity index (χ4v) is 3.01. The molecule has 2 aromatic heterocycles. The number of esters is 1. The van der Waals surface area contributed by atoms with Gasteiger partial charge in [0.1, 0.15) is 17.8 Å². The molecule has 2 aromatic rings. The average Bonchev–Trinajstić information content (AvgIpc) is 3.21. The van der Waals surface area contributed by atoms with Crippen molar-refractivity contribution in [2.24, 2.45) is 11.1 Å². The highest BCUT2D eigenvalue weighted by Gasteiger charge is 2.46. The van der Waals surface area contributed by atoms with Gasteiger partial charge in [0.15, 0.2) is 11.8 Å². The first-order valence-corrected chi connectivity index (χ1v) is 7.21. The summed E-state index contributed by atoms with van der Waals surface area (Å²) in [7, 11) is 0. The van der Waals surface area contributed by atoms with Crippen molar-refractivity contribution in [2.75, 3.05) is 24.6 Å². The molecule has 0 saturated carbocycles. The highest BCUT2D eigenvalue weighted by Crippen LogP contribution is 2.32. The van der Waals surface area contributed by atoms with Crippen molar-refractivity contribution >= 4 is 28.5 Å². The molecule has 0 aromatic carbocycles. The van der Waals surface area contributed by atoms with Crippen LogP contribution in [0.25, 0.3) is 11.0 Å². The van der Waals surface area contributed by atoms with Crippen molar-refractivity contribution in [3.63, 3.8) is 0 Å². The van der Waals surface area contributed by atoms with Gasteiger partial charge in [0, 0.05) is 12.7 Å². The van der Waals surface area contributed by atoms with Gasteiger partial charge in [-0.1, -0.05) is 5.16 Å². The lowest BCUT2D eigenvalue weighted by Crippen LogP contribution is -2.29. The average molecular weight is 301 g/mol. The topological polar surface area (TPSA) is 92.7 Å². The Morgan fingerprint density at radius 3 is 3.27 bits per heavy atom. The quantitative estimate of drug-likeness (QED) is 0.839. The van der Waals surface area contributed by atoms with Gasteiger partial charge in [-0.3, -0.25) is 0 Å². The minimum atomic E-state index is -0.397. The number of carbonyl (C=O) groups is 1. The van der Waals surface area contributed by atoms with E-state index < -0.39 is 5.97 Å². The molecule has 2 unspecified atom stereocenters. The third-order valence-electron chi connectivity index (χ3n) is 4.02. The van der Waals surface area contributed by atoms with Gasteiger partial charge in [-0.15, -0.1) is 0 Å². The van der Waals surface area contributed by atoms with Crippen LogP contribution in [0, 0.1) is 5.92 Å². The van der Waals surface area contributed by atoms with Gasteiger partial charge >= 0.3 is 5.97 Å². The Bertz CT molecular complexity index is 756. The Kier molecular flexibility index (Phi) is 2.95. The molecule has 22 heavy (non-hydrogen) atoms. The van der Waals surface area contributed by atoms with Crippen molar-refractivity contribution in [1.29, 1.82) is 0 Å². The van der Waals surface area contributed by atoms with Crippen LogP contribution in [0.1, 0.15) is 6.92 Å². The number of hydrogen-bond acceptors (Lipinski definition) is 7. The molecule has 2 aliphatic heterocycles. The van der Waals surface area contributed by atoms with Crippen LogP contribution in [0.2, 0.25) is 0 Å². The largest absolute Gasteiger partial charge is 0.461 e. The summed E-state index contributed by atoms with van der Waals surface area (Å²) in [4.78, 5) is 31.1. The van der Waals surface area contributed by atoms with Crippen LogP contribution < -0.4 is 4.90 Å². The SMILES string of the molecule is CCOC(=O)C1=NOC2CN(c3ncnc4[nH]ccc34)CC12. The molecule has 4 heterocycles. The van der Waals surface area contributed by atoms with E-state index in [1.54, 1.807) is 6.92 Å². The Balaban J connectivity index is 1.60. The van der Waals surface area contributed by atoms with Gasteiger partial charge in [0.2, 0.25) is 0 Å². The molecule has 8 heteroatoms. The fourth-order valence-electron chi connectivity index (χ4n) is 3.01. The summed E-state index contributed by atoms with van der Waals surface area (Å²) in [5.74, 6) is 0.363. The number of ether oxygens (including phenoxy) is 1. The molecule has 0 bridgehead atoms. The second-order valence-electron chi connectivity index (χ2n) is 5.29. The van der Waals surface area contributed by atoms with Crippen molar-refractivity contribution < 1.29 is 14.4 Å². The molecule has 0 aliphatic carbocycles. The molecule has 114 valence electrons. The van der Waals surface area contributed by atoms with Crippen molar-refractivity contribution in [3.8, 4) is 0 Å². The maximum atomic E-state index is 11.9. The number of fused-ring (bicyclic) bond motifs is 2.